The predicted molar refractivity (Wildman–Crippen MR) is 54.0 cm³/mol. The minimum atomic E-state index is -0.751. The molecule has 0 radical (unpaired) electrons. The number of hydrogen-bond acceptors (Lipinski definition) is 4. The second-order valence-corrected chi connectivity index (χ2v) is 4.06. The number of likely N-dealkylation sites (tertiary alicyclic amines) is 1. The van der Waals surface area contributed by atoms with Gasteiger partial charge in [0.05, 0.1) is 6.20 Å². The average Bonchev–Trinajstić information content (AvgIpc) is 2.75. The summed E-state index contributed by atoms with van der Waals surface area (Å²) >= 11 is 0. The SMILES string of the molecule is Cc1oncc1CN1C[C@H](F)C[C@@H]1CN. The quantitative estimate of drug-likeness (QED) is 0.809. The second kappa shape index (κ2) is 4.28. The molecule has 0 aliphatic carbocycles. The number of aromatic nitrogens is 1. The average molecular weight is 213 g/mol. The number of halogens is 1. The normalized spacial score (nSPS) is 27.4. The van der Waals surface area contributed by atoms with Gasteiger partial charge in [0.2, 0.25) is 0 Å². The van der Waals surface area contributed by atoms with Crippen LogP contribution in [0.5, 0.6) is 0 Å². The lowest BCUT2D eigenvalue weighted by Crippen LogP contribution is -2.34. The summed E-state index contributed by atoms with van der Waals surface area (Å²) in [4.78, 5) is 2.06. The maximum Gasteiger partial charge on any atom is 0.138 e. The molecule has 0 amide bonds. The fourth-order valence-corrected chi connectivity index (χ4v) is 2.05. The lowest BCUT2D eigenvalue weighted by molar-refractivity contribution is 0.237. The van der Waals surface area contributed by atoms with E-state index in [2.05, 4.69) is 10.1 Å². The van der Waals surface area contributed by atoms with E-state index in [1.54, 1.807) is 6.20 Å². The predicted octanol–water partition coefficient (Wildman–Crippen LogP) is 0.854. The summed E-state index contributed by atoms with van der Waals surface area (Å²) in [7, 11) is 0. The van der Waals surface area contributed by atoms with Gasteiger partial charge in [0.15, 0.2) is 0 Å². The van der Waals surface area contributed by atoms with E-state index in [0.717, 1.165) is 11.3 Å². The van der Waals surface area contributed by atoms with E-state index < -0.39 is 6.17 Å². The molecule has 0 spiro atoms. The van der Waals surface area contributed by atoms with E-state index in [9.17, 15) is 4.39 Å². The molecule has 5 heteroatoms. The molecule has 1 aromatic rings. The van der Waals surface area contributed by atoms with Crippen LogP contribution in [0.2, 0.25) is 0 Å². The Labute approximate surface area is 88.2 Å². The van der Waals surface area contributed by atoms with Gasteiger partial charge in [-0.15, -0.1) is 0 Å². The Morgan fingerprint density at radius 2 is 2.53 bits per heavy atom. The Morgan fingerprint density at radius 1 is 1.73 bits per heavy atom. The summed E-state index contributed by atoms with van der Waals surface area (Å²) < 4.78 is 18.2. The molecule has 2 rings (SSSR count). The molecule has 84 valence electrons. The molecule has 0 unspecified atom stereocenters. The third kappa shape index (κ3) is 2.18. The Kier molecular flexibility index (Phi) is 3.02. The molecule has 1 fully saturated rings. The molecular formula is C10H16FN3O. The Balaban J connectivity index is 2.02. The Morgan fingerprint density at radius 3 is 3.13 bits per heavy atom. The first-order valence-electron chi connectivity index (χ1n) is 5.19. The van der Waals surface area contributed by atoms with Crippen molar-refractivity contribution in [2.45, 2.75) is 32.1 Å². The van der Waals surface area contributed by atoms with Gasteiger partial charge in [0.1, 0.15) is 11.9 Å². The molecule has 1 aliphatic rings. The van der Waals surface area contributed by atoms with E-state index >= 15 is 0 Å². The number of alkyl halides is 1. The first kappa shape index (κ1) is 10.6. The van der Waals surface area contributed by atoms with Crippen LogP contribution in [0.1, 0.15) is 17.7 Å². The zero-order valence-electron chi connectivity index (χ0n) is 8.82. The monoisotopic (exact) mass is 213 g/mol. The van der Waals surface area contributed by atoms with Crippen LogP contribution >= 0.6 is 0 Å². The van der Waals surface area contributed by atoms with Gasteiger partial charge in [-0.3, -0.25) is 4.90 Å². The summed E-state index contributed by atoms with van der Waals surface area (Å²) in [5, 5.41) is 3.71. The van der Waals surface area contributed by atoms with Crippen LogP contribution in [-0.4, -0.2) is 35.4 Å². The third-order valence-electron chi connectivity index (χ3n) is 2.97. The van der Waals surface area contributed by atoms with Crippen LogP contribution in [0.25, 0.3) is 0 Å². The van der Waals surface area contributed by atoms with Crippen LogP contribution in [0.4, 0.5) is 4.39 Å². The molecular weight excluding hydrogens is 197 g/mol. The van der Waals surface area contributed by atoms with E-state index in [4.69, 9.17) is 10.3 Å². The van der Waals surface area contributed by atoms with Crippen molar-refractivity contribution in [3.63, 3.8) is 0 Å². The maximum absolute atomic E-state index is 13.2. The number of aryl methyl sites for hydroxylation is 1. The van der Waals surface area contributed by atoms with Crippen molar-refractivity contribution in [2.24, 2.45) is 5.73 Å². The fraction of sp³-hybridized carbons (Fsp3) is 0.700. The summed E-state index contributed by atoms with van der Waals surface area (Å²) in [6, 6.07) is 0.147. The lowest BCUT2D eigenvalue weighted by atomic mass is 10.2. The summed E-state index contributed by atoms with van der Waals surface area (Å²) in [6.45, 7) is 3.51. The molecule has 1 aliphatic heterocycles. The number of rotatable bonds is 3. The fourth-order valence-electron chi connectivity index (χ4n) is 2.05. The first-order valence-corrected chi connectivity index (χ1v) is 5.19. The van der Waals surface area contributed by atoms with E-state index in [1.807, 2.05) is 6.92 Å². The van der Waals surface area contributed by atoms with Crippen molar-refractivity contribution < 1.29 is 8.91 Å². The zero-order valence-corrected chi connectivity index (χ0v) is 8.82. The van der Waals surface area contributed by atoms with Crippen LogP contribution < -0.4 is 5.73 Å². The number of nitrogens with zero attached hydrogens (tertiary/aromatic N) is 2. The molecule has 0 aromatic carbocycles. The van der Waals surface area contributed by atoms with Crippen molar-refractivity contribution in [3.05, 3.63) is 17.5 Å². The van der Waals surface area contributed by atoms with Crippen molar-refractivity contribution in [2.75, 3.05) is 13.1 Å². The summed E-state index contributed by atoms with van der Waals surface area (Å²) in [5.41, 5.74) is 6.62. The molecule has 4 nitrogen and oxygen atoms in total. The van der Waals surface area contributed by atoms with E-state index in [0.29, 0.717) is 26.1 Å². The van der Waals surface area contributed by atoms with Gasteiger partial charge in [0.25, 0.3) is 0 Å². The van der Waals surface area contributed by atoms with E-state index in [-0.39, 0.29) is 6.04 Å². The van der Waals surface area contributed by atoms with Crippen LogP contribution in [0.3, 0.4) is 0 Å². The van der Waals surface area contributed by atoms with Gasteiger partial charge in [0, 0.05) is 31.2 Å². The molecule has 1 saturated heterocycles. The highest BCUT2D eigenvalue weighted by Gasteiger charge is 2.31. The number of hydrogen-bond donors (Lipinski definition) is 1. The molecule has 0 bridgehead atoms. The Bertz CT molecular complexity index is 328. The molecule has 2 N–H and O–H groups in total. The van der Waals surface area contributed by atoms with Crippen molar-refractivity contribution in [1.29, 1.82) is 0 Å². The van der Waals surface area contributed by atoms with Gasteiger partial charge < -0.3 is 10.3 Å². The molecule has 1 aromatic heterocycles. The van der Waals surface area contributed by atoms with Crippen LogP contribution in [0, 0.1) is 6.92 Å². The van der Waals surface area contributed by atoms with Crippen molar-refractivity contribution in [3.8, 4) is 0 Å². The minimum absolute atomic E-state index is 0.147. The van der Waals surface area contributed by atoms with Crippen molar-refractivity contribution >= 4 is 0 Å². The van der Waals surface area contributed by atoms with Crippen LogP contribution in [-0.2, 0) is 6.54 Å². The lowest BCUT2D eigenvalue weighted by Gasteiger charge is -2.21. The maximum atomic E-state index is 13.2. The third-order valence-corrected chi connectivity index (χ3v) is 2.97. The van der Waals surface area contributed by atoms with Crippen molar-refractivity contribution in [1.82, 2.24) is 10.1 Å². The van der Waals surface area contributed by atoms with Gasteiger partial charge in [-0.1, -0.05) is 5.16 Å². The summed E-state index contributed by atoms with van der Waals surface area (Å²) in [5.74, 6) is 0.799. The molecule has 2 atom stereocenters. The van der Waals surface area contributed by atoms with Gasteiger partial charge in [-0.25, -0.2) is 4.39 Å². The largest absolute Gasteiger partial charge is 0.361 e. The highest BCUT2D eigenvalue weighted by Crippen LogP contribution is 2.22. The Hall–Kier alpha value is -0.940. The molecule has 2 heterocycles. The van der Waals surface area contributed by atoms with Crippen LogP contribution in [0.15, 0.2) is 10.7 Å². The van der Waals surface area contributed by atoms with Gasteiger partial charge in [-0.05, 0) is 13.3 Å². The van der Waals surface area contributed by atoms with E-state index in [1.165, 1.54) is 0 Å². The highest BCUT2D eigenvalue weighted by molar-refractivity contribution is 5.12. The second-order valence-electron chi connectivity index (χ2n) is 4.06. The number of nitrogens with two attached hydrogens (primary N) is 1. The topological polar surface area (TPSA) is 55.3 Å². The van der Waals surface area contributed by atoms with Gasteiger partial charge in [-0.2, -0.15) is 0 Å². The minimum Gasteiger partial charge on any atom is -0.361 e. The smallest absolute Gasteiger partial charge is 0.138 e. The zero-order chi connectivity index (χ0) is 10.8. The first-order chi connectivity index (χ1) is 7.20. The highest BCUT2D eigenvalue weighted by atomic mass is 19.1. The molecule has 0 saturated carbocycles. The molecule has 15 heavy (non-hydrogen) atoms. The van der Waals surface area contributed by atoms with Gasteiger partial charge >= 0.3 is 0 Å². The standard InChI is InChI=1S/C10H16FN3O/c1-7-8(4-13-15-7)5-14-6-9(11)2-10(14)3-12/h4,9-10H,2-3,5-6,12H2,1H3/t9-,10-/m1/s1. The summed E-state index contributed by atoms with van der Waals surface area (Å²) in [6.07, 6.45) is 1.48.